The second-order valence-electron chi connectivity index (χ2n) is 9.40. The second-order valence-corrected chi connectivity index (χ2v) is 9.40. The minimum atomic E-state index is -0.115. The molecule has 0 unspecified atom stereocenters. The fourth-order valence-electron chi connectivity index (χ4n) is 4.62. The van der Waals surface area contributed by atoms with Crippen molar-refractivity contribution in [3.05, 3.63) is 95.9 Å². The number of para-hydroxylation sites is 1. The molecule has 2 aromatic carbocycles. The first-order valence-electron chi connectivity index (χ1n) is 12.9. The highest BCUT2D eigenvalue weighted by Gasteiger charge is 2.35. The van der Waals surface area contributed by atoms with E-state index in [1.54, 1.807) is 29.4 Å². The third-order valence-corrected chi connectivity index (χ3v) is 6.77. The van der Waals surface area contributed by atoms with Gasteiger partial charge in [-0.1, -0.05) is 30.3 Å². The highest BCUT2D eigenvalue weighted by Crippen LogP contribution is 2.28. The van der Waals surface area contributed by atoms with E-state index in [4.69, 9.17) is 4.74 Å². The van der Waals surface area contributed by atoms with Crippen LogP contribution in [0.4, 0.5) is 0 Å². The predicted octanol–water partition coefficient (Wildman–Crippen LogP) is 4.84. The minimum absolute atomic E-state index is 0.0527. The Bertz CT molecular complexity index is 1350. The summed E-state index contributed by atoms with van der Waals surface area (Å²) in [6.45, 7) is 3.65. The van der Waals surface area contributed by atoms with Crippen LogP contribution in [0.2, 0.25) is 0 Å². The Morgan fingerprint density at radius 3 is 2.51 bits per heavy atom. The van der Waals surface area contributed by atoms with Crippen LogP contribution in [0.15, 0.2) is 79.3 Å². The number of benzene rings is 2. The number of carbonyl (C=O) groups is 2. The molecule has 1 saturated carbocycles. The van der Waals surface area contributed by atoms with Crippen molar-refractivity contribution in [2.45, 2.75) is 38.8 Å². The maximum atomic E-state index is 13.7. The first kappa shape index (κ1) is 24.6. The normalized spacial score (nSPS) is 12.9. The Morgan fingerprint density at radius 1 is 1.03 bits per heavy atom. The van der Waals surface area contributed by atoms with Crippen molar-refractivity contribution in [1.82, 2.24) is 19.8 Å². The zero-order chi connectivity index (χ0) is 25.6. The molecule has 37 heavy (non-hydrogen) atoms. The van der Waals surface area contributed by atoms with Gasteiger partial charge in [0.15, 0.2) is 0 Å². The van der Waals surface area contributed by atoms with E-state index in [-0.39, 0.29) is 24.4 Å². The average molecular weight is 497 g/mol. The minimum Gasteiger partial charge on any atom is -0.494 e. The van der Waals surface area contributed by atoms with Gasteiger partial charge in [0, 0.05) is 54.2 Å². The van der Waals surface area contributed by atoms with Crippen LogP contribution in [-0.2, 0) is 17.8 Å². The van der Waals surface area contributed by atoms with E-state index in [9.17, 15) is 9.59 Å². The number of nitrogens with zero attached hydrogens (tertiary/aromatic N) is 3. The van der Waals surface area contributed by atoms with Crippen molar-refractivity contribution in [2.24, 2.45) is 0 Å². The molecule has 0 atom stereocenters. The lowest BCUT2D eigenvalue weighted by molar-refractivity contribution is -0.132. The lowest BCUT2D eigenvalue weighted by Crippen LogP contribution is -2.44. The molecular weight excluding hydrogens is 464 g/mol. The number of nitrogens with one attached hydrogen (secondary N) is 1. The number of aromatic amines is 1. The lowest BCUT2D eigenvalue weighted by Gasteiger charge is -2.28. The molecular formula is C30H32N4O3. The number of fused-ring (bicyclic) bond motifs is 1. The van der Waals surface area contributed by atoms with E-state index in [0.29, 0.717) is 31.7 Å². The SMILES string of the molecule is CCOc1ccc(CN(CCc2c[nH]c3ccccc23)C(=O)CN(C(=O)c2ccncc2)C2CC2)cc1. The molecule has 0 spiro atoms. The highest BCUT2D eigenvalue weighted by molar-refractivity contribution is 5.96. The van der Waals surface area contributed by atoms with Crippen LogP contribution in [0.25, 0.3) is 10.9 Å². The molecule has 0 radical (unpaired) electrons. The number of carbonyl (C=O) groups excluding carboxylic acids is 2. The van der Waals surface area contributed by atoms with Crippen LogP contribution in [0, 0.1) is 0 Å². The third-order valence-electron chi connectivity index (χ3n) is 6.77. The van der Waals surface area contributed by atoms with E-state index in [1.165, 1.54) is 10.9 Å². The number of aromatic nitrogens is 2. The molecule has 0 aliphatic heterocycles. The molecule has 7 heteroatoms. The first-order valence-corrected chi connectivity index (χ1v) is 12.9. The summed E-state index contributed by atoms with van der Waals surface area (Å²) >= 11 is 0. The molecule has 190 valence electrons. The molecule has 5 rings (SSSR count). The Labute approximate surface area is 217 Å². The van der Waals surface area contributed by atoms with Gasteiger partial charge < -0.3 is 19.5 Å². The van der Waals surface area contributed by atoms with Crippen LogP contribution in [0.1, 0.15) is 41.3 Å². The van der Waals surface area contributed by atoms with Gasteiger partial charge in [-0.2, -0.15) is 0 Å². The van der Waals surface area contributed by atoms with Gasteiger partial charge in [-0.15, -0.1) is 0 Å². The summed E-state index contributed by atoms with van der Waals surface area (Å²) in [5, 5.41) is 1.17. The van der Waals surface area contributed by atoms with Crippen molar-refractivity contribution in [2.75, 3.05) is 19.7 Å². The quantitative estimate of drug-likeness (QED) is 0.322. The molecule has 0 bridgehead atoms. The Balaban J connectivity index is 1.34. The summed E-state index contributed by atoms with van der Waals surface area (Å²) in [4.78, 5) is 37.9. The van der Waals surface area contributed by atoms with E-state index < -0.39 is 0 Å². The van der Waals surface area contributed by atoms with Crippen molar-refractivity contribution in [1.29, 1.82) is 0 Å². The number of hydrogen-bond acceptors (Lipinski definition) is 4. The zero-order valence-electron chi connectivity index (χ0n) is 21.1. The van der Waals surface area contributed by atoms with Crippen LogP contribution in [0.5, 0.6) is 5.75 Å². The van der Waals surface area contributed by atoms with Gasteiger partial charge in [-0.25, -0.2) is 0 Å². The van der Waals surface area contributed by atoms with Crippen molar-refractivity contribution >= 4 is 22.7 Å². The van der Waals surface area contributed by atoms with E-state index >= 15 is 0 Å². The van der Waals surface area contributed by atoms with Crippen molar-refractivity contribution < 1.29 is 14.3 Å². The molecule has 1 N–H and O–H groups in total. The van der Waals surface area contributed by atoms with Gasteiger partial charge in [-0.05, 0) is 67.6 Å². The van der Waals surface area contributed by atoms with Gasteiger partial charge in [0.25, 0.3) is 5.91 Å². The van der Waals surface area contributed by atoms with Crippen LogP contribution in [0.3, 0.4) is 0 Å². The average Bonchev–Trinajstić information content (AvgIpc) is 3.70. The molecule has 1 fully saturated rings. The summed E-state index contributed by atoms with van der Waals surface area (Å²) in [5.41, 5.74) is 3.84. The van der Waals surface area contributed by atoms with Gasteiger partial charge in [-0.3, -0.25) is 14.6 Å². The van der Waals surface area contributed by atoms with Gasteiger partial charge in [0.2, 0.25) is 5.91 Å². The lowest BCUT2D eigenvalue weighted by atomic mass is 10.1. The fourth-order valence-corrected chi connectivity index (χ4v) is 4.62. The second kappa shape index (κ2) is 11.3. The topological polar surface area (TPSA) is 78.5 Å². The van der Waals surface area contributed by atoms with Crippen molar-refractivity contribution in [3.8, 4) is 5.75 Å². The number of hydrogen-bond donors (Lipinski definition) is 1. The number of pyridine rings is 1. The monoisotopic (exact) mass is 496 g/mol. The summed E-state index contributed by atoms with van der Waals surface area (Å²) in [5.74, 6) is 0.643. The Kier molecular flexibility index (Phi) is 7.49. The van der Waals surface area contributed by atoms with Gasteiger partial charge in [0.05, 0.1) is 6.61 Å². The van der Waals surface area contributed by atoms with E-state index in [1.807, 2.05) is 54.4 Å². The summed E-state index contributed by atoms with van der Waals surface area (Å²) in [7, 11) is 0. The molecule has 0 saturated heterocycles. The third kappa shape index (κ3) is 6.00. The smallest absolute Gasteiger partial charge is 0.254 e. The number of ether oxygens (including phenoxy) is 1. The van der Waals surface area contributed by atoms with E-state index in [2.05, 4.69) is 22.1 Å². The molecule has 1 aliphatic carbocycles. The zero-order valence-corrected chi connectivity index (χ0v) is 21.1. The fraction of sp³-hybridized carbons (Fsp3) is 0.300. The van der Waals surface area contributed by atoms with Crippen LogP contribution < -0.4 is 4.74 Å². The molecule has 2 heterocycles. The van der Waals surface area contributed by atoms with Crippen LogP contribution in [-0.4, -0.2) is 57.3 Å². The predicted molar refractivity (Wildman–Crippen MR) is 143 cm³/mol. The number of amides is 2. The summed E-state index contributed by atoms with van der Waals surface area (Å²) in [6.07, 6.45) is 7.82. The van der Waals surface area contributed by atoms with E-state index in [0.717, 1.165) is 29.7 Å². The number of rotatable bonds is 11. The standard InChI is InChI=1S/C30H32N4O3/c1-2-37-26-11-7-22(8-12-26)20-33(18-15-24-19-32-28-6-4-3-5-27(24)28)29(35)21-34(25-9-10-25)30(36)23-13-16-31-17-14-23/h3-8,11-14,16-17,19,25,32H,2,9-10,15,18,20-21H2,1H3. The first-order chi connectivity index (χ1) is 18.1. The maximum Gasteiger partial charge on any atom is 0.254 e. The molecule has 1 aliphatic rings. The maximum absolute atomic E-state index is 13.7. The number of H-pyrrole nitrogens is 1. The van der Waals surface area contributed by atoms with Crippen molar-refractivity contribution in [3.63, 3.8) is 0 Å². The summed E-state index contributed by atoms with van der Waals surface area (Å²) < 4.78 is 5.57. The summed E-state index contributed by atoms with van der Waals surface area (Å²) in [6, 6.07) is 19.6. The van der Waals surface area contributed by atoms with Gasteiger partial charge >= 0.3 is 0 Å². The Hall–Kier alpha value is -4.13. The largest absolute Gasteiger partial charge is 0.494 e. The van der Waals surface area contributed by atoms with Gasteiger partial charge in [0.1, 0.15) is 12.3 Å². The molecule has 2 amide bonds. The molecule has 7 nitrogen and oxygen atoms in total. The van der Waals surface area contributed by atoms with Crippen LogP contribution >= 0.6 is 0 Å². The highest BCUT2D eigenvalue weighted by atomic mass is 16.5. The molecule has 2 aromatic heterocycles. The Morgan fingerprint density at radius 2 is 1.78 bits per heavy atom. The molecule has 4 aromatic rings.